The molecule has 0 radical (unpaired) electrons. The molecule has 0 bridgehead atoms. The molecule has 0 atom stereocenters. The van der Waals surface area contributed by atoms with Crippen LogP contribution in [-0.2, 0) is 0 Å². The largest absolute Gasteiger partial charge is 0.478 e. The van der Waals surface area contributed by atoms with E-state index in [1.807, 2.05) is 0 Å². The molecule has 1 aromatic heterocycles. The average Bonchev–Trinajstić information content (AvgIpc) is 2.67. The fourth-order valence-electron chi connectivity index (χ4n) is 2.90. The van der Waals surface area contributed by atoms with Gasteiger partial charge in [0, 0.05) is 32.1 Å². The summed E-state index contributed by atoms with van der Waals surface area (Å²) >= 11 is 0. The molecular weight excluding hydrogens is 372 g/mol. The van der Waals surface area contributed by atoms with Gasteiger partial charge in [-0.3, -0.25) is 9.80 Å². The van der Waals surface area contributed by atoms with Gasteiger partial charge >= 0.3 is 5.97 Å². The Labute approximate surface area is 159 Å². The number of nitrogen functional groups attached to an aromatic ring is 1. The summed E-state index contributed by atoms with van der Waals surface area (Å²) in [5.74, 6) is 1.95. The van der Waals surface area contributed by atoms with Crippen molar-refractivity contribution in [2.45, 2.75) is 18.8 Å². The van der Waals surface area contributed by atoms with Crippen molar-refractivity contribution < 1.29 is 23.5 Å². The summed E-state index contributed by atoms with van der Waals surface area (Å²) in [7, 11) is 0. The number of hydrogen-bond acceptors (Lipinski definition) is 6. The zero-order valence-electron chi connectivity index (χ0n) is 14.8. The molecular formula is C18H19F2N5O3. The van der Waals surface area contributed by atoms with Gasteiger partial charge in [0.1, 0.15) is 0 Å². The van der Waals surface area contributed by atoms with Gasteiger partial charge in [-0.05, 0) is 30.3 Å². The molecule has 1 aliphatic rings. The highest BCUT2D eigenvalue weighted by Crippen LogP contribution is 2.30. The van der Waals surface area contributed by atoms with E-state index in [1.165, 1.54) is 41.4 Å². The lowest BCUT2D eigenvalue weighted by Gasteiger charge is -2.31. The van der Waals surface area contributed by atoms with E-state index in [0.29, 0.717) is 5.69 Å². The van der Waals surface area contributed by atoms with E-state index in [0.717, 1.165) is 5.01 Å². The fourth-order valence-corrected chi connectivity index (χ4v) is 2.90. The Morgan fingerprint density at radius 2 is 1.75 bits per heavy atom. The van der Waals surface area contributed by atoms with Crippen molar-refractivity contribution >= 4 is 29.1 Å². The predicted octanol–water partition coefficient (Wildman–Crippen LogP) is 2.25. The second-order valence-corrected chi connectivity index (χ2v) is 6.51. The summed E-state index contributed by atoms with van der Waals surface area (Å²) in [6.07, 6.45) is 0.539. The number of carbonyl (C=O) groups excluding carboxylic acids is 1. The molecule has 5 N–H and O–H groups in total. The molecule has 0 saturated carbocycles. The highest BCUT2D eigenvalue weighted by molar-refractivity contribution is 5.95. The van der Waals surface area contributed by atoms with Gasteiger partial charge in [-0.15, -0.1) is 0 Å². The maximum Gasteiger partial charge on any atom is 0.335 e. The second-order valence-electron chi connectivity index (χ2n) is 6.51. The van der Waals surface area contributed by atoms with Crippen molar-refractivity contribution in [3.8, 4) is 0 Å². The van der Waals surface area contributed by atoms with Crippen LogP contribution in [0.2, 0.25) is 0 Å². The summed E-state index contributed by atoms with van der Waals surface area (Å²) in [5.41, 5.74) is 6.83. The number of hydrazine groups is 1. The number of anilines is 3. The van der Waals surface area contributed by atoms with Crippen LogP contribution in [0.5, 0.6) is 0 Å². The molecule has 0 unspecified atom stereocenters. The standard InChI is InChI=1S/C18H19F2N5O3/c19-18(20)5-7-24(8-6-18)16(26)12-9-14(21)15(23-10-12)25(22)13-3-1-11(2-4-13)17(27)28/h1-4,9-10H,5-8,21-22H2,(H,27,28). The normalized spacial score (nSPS) is 15.9. The smallest absolute Gasteiger partial charge is 0.335 e. The first-order chi connectivity index (χ1) is 13.2. The maximum atomic E-state index is 13.3. The van der Waals surface area contributed by atoms with Crippen LogP contribution in [0.3, 0.4) is 0 Å². The van der Waals surface area contributed by atoms with Crippen molar-refractivity contribution in [2.75, 3.05) is 23.8 Å². The number of carboxylic acids is 1. The number of nitrogens with two attached hydrogens (primary N) is 2. The predicted molar refractivity (Wildman–Crippen MR) is 98.5 cm³/mol. The Hall–Kier alpha value is -3.27. The van der Waals surface area contributed by atoms with Gasteiger partial charge in [-0.1, -0.05) is 0 Å². The molecule has 2 heterocycles. The molecule has 1 saturated heterocycles. The number of hydrogen-bond donors (Lipinski definition) is 3. The number of likely N-dealkylation sites (tertiary alicyclic amines) is 1. The molecule has 1 aliphatic heterocycles. The third-order valence-corrected chi connectivity index (χ3v) is 4.54. The fraction of sp³-hybridized carbons (Fsp3) is 0.278. The lowest BCUT2D eigenvalue weighted by molar-refractivity contribution is -0.0494. The molecule has 0 spiro atoms. The average molecular weight is 391 g/mol. The van der Waals surface area contributed by atoms with Crippen LogP contribution in [0, 0.1) is 0 Å². The van der Waals surface area contributed by atoms with Crippen LogP contribution in [0.1, 0.15) is 33.6 Å². The first kappa shape index (κ1) is 19.5. The van der Waals surface area contributed by atoms with E-state index < -0.39 is 17.8 Å². The van der Waals surface area contributed by atoms with Crippen molar-refractivity contribution in [3.63, 3.8) is 0 Å². The number of nitrogens with zero attached hydrogens (tertiary/aromatic N) is 3. The highest BCUT2D eigenvalue weighted by Gasteiger charge is 2.36. The number of rotatable bonds is 4. The second kappa shape index (κ2) is 7.39. The van der Waals surface area contributed by atoms with Crippen molar-refractivity contribution in [2.24, 2.45) is 5.84 Å². The van der Waals surface area contributed by atoms with E-state index in [2.05, 4.69) is 4.98 Å². The van der Waals surface area contributed by atoms with Gasteiger partial charge in [0.15, 0.2) is 5.82 Å². The number of carboxylic acid groups (broad SMARTS) is 1. The summed E-state index contributed by atoms with van der Waals surface area (Å²) in [4.78, 5) is 28.9. The molecule has 1 fully saturated rings. The van der Waals surface area contributed by atoms with Crippen molar-refractivity contribution in [3.05, 3.63) is 47.7 Å². The SMILES string of the molecule is Nc1cc(C(=O)N2CCC(F)(F)CC2)cnc1N(N)c1ccc(C(=O)O)cc1. The minimum absolute atomic E-state index is 0.0353. The molecule has 3 rings (SSSR count). The van der Waals surface area contributed by atoms with Crippen LogP contribution in [0.25, 0.3) is 0 Å². The molecule has 2 aromatic rings. The van der Waals surface area contributed by atoms with Gasteiger partial charge in [-0.2, -0.15) is 0 Å². The van der Waals surface area contributed by atoms with Gasteiger partial charge in [0.05, 0.1) is 22.5 Å². The van der Waals surface area contributed by atoms with Gasteiger partial charge in [-0.25, -0.2) is 24.4 Å². The summed E-state index contributed by atoms with van der Waals surface area (Å²) in [6, 6.07) is 7.16. The molecule has 1 amide bonds. The monoisotopic (exact) mass is 391 g/mol. The van der Waals surface area contributed by atoms with Crippen LogP contribution in [-0.4, -0.2) is 45.9 Å². The number of piperidine rings is 1. The Bertz CT molecular complexity index is 895. The van der Waals surface area contributed by atoms with Crippen molar-refractivity contribution in [1.82, 2.24) is 9.88 Å². The first-order valence-electron chi connectivity index (χ1n) is 8.49. The van der Waals surface area contributed by atoms with Crippen LogP contribution < -0.4 is 16.6 Å². The zero-order valence-corrected chi connectivity index (χ0v) is 14.8. The van der Waals surface area contributed by atoms with E-state index >= 15 is 0 Å². The van der Waals surface area contributed by atoms with Crippen molar-refractivity contribution in [1.29, 1.82) is 0 Å². The number of amides is 1. The maximum absolute atomic E-state index is 13.3. The third-order valence-electron chi connectivity index (χ3n) is 4.54. The van der Waals surface area contributed by atoms with E-state index in [-0.39, 0.29) is 48.6 Å². The Balaban J connectivity index is 1.76. The minimum Gasteiger partial charge on any atom is -0.478 e. The Morgan fingerprint density at radius 1 is 1.14 bits per heavy atom. The number of aromatic carboxylic acids is 1. The molecule has 0 aliphatic carbocycles. The molecule has 8 nitrogen and oxygen atoms in total. The first-order valence-corrected chi connectivity index (χ1v) is 8.49. The summed E-state index contributed by atoms with van der Waals surface area (Å²) in [6.45, 7) is -0.0706. The van der Waals surface area contributed by atoms with Gasteiger partial charge in [0.25, 0.3) is 11.8 Å². The molecule has 10 heteroatoms. The van der Waals surface area contributed by atoms with E-state index in [1.54, 1.807) is 0 Å². The van der Waals surface area contributed by atoms with Gasteiger partial charge < -0.3 is 15.7 Å². The molecule has 1 aromatic carbocycles. The van der Waals surface area contributed by atoms with Crippen LogP contribution >= 0.6 is 0 Å². The molecule has 148 valence electrons. The minimum atomic E-state index is -2.74. The Morgan fingerprint density at radius 3 is 2.29 bits per heavy atom. The van der Waals surface area contributed by atoms with Crippen LogP contribution in [0.4, 0.5) is 26.0 Å². The lowest BCUT2D eigenvalue weighted by atomic mass is 10.1. The number of halogens is 2. The van der Waals surface area contributed by atoms with Crippen LogP contribution in [0.15, 0.2) is 36.5 Å². The number of pyridine rings is 1. The third kappa shape index (κ3) is 4.01. The number of carbonyl (C=O) groups is 2. The zero-order chi connectivity index (χ0) is 20.5. The van der Waals surface area contributed by atoms with Gasteiger partial charge in [0.2, 0.25) is 0 Å². The number of aromatic nitrogens is 1. The highest BCUT2D eigenvalue weighted by atomic mass is 19.3. The quantitative estimate of drug-likeness (QED) is 0.539. The topological polar surface area (TPSA) is 126 Å². The summed E-state index contributed by atoms with van der Waals surface area (Å²) < 4.78 is 26.5. The lowest BCUT2D eigenvalue weighted by Crippen LogP contribution is -2.42. The molecule has 28 heavy (non-hydrogen) atoms. The number of benzene rings is 1. The Kier molecular flexibility index (Phi) is 5.14. The summed E-state index contributed by atoms with van der Waals surface area (Å²) in [5, 5.41) is 10.1. The number of alkyl halides is 2. The van der Waals surface area contributed by atoms with E-state index in [4.69, 9.17) is 16.7 Å². The van der Waals surface area contributed by atoms with E-state index in [9.17, 15) is 18.4 Å².